The second kappa shape index (κ2) is 7.58. The number of carbonyl (C=O) groups excluding carboxylic acids is 2. The first-order valence-corrected chi connectivity index (χ1v) is 10.7. The van der Waals surface area contributed by atoms with Crippen LogP contribution in [-0.2, 0) is 10.2 Å². The monoisotopic (exact) mass is 417 g/mol. The van der Waals surface area contributed by atoms with Crippen molar-refractivity contribution in [2.45, 2.75) is 32.2 Å². The molecule has 0 aliphatic carbocycles. The van der Waals surface area contributed by atoms with E-state index in [0.717, 1.165) is 11.1 Å². The Hall–Kier alpha value is -3.18. The van der Waals surface area contributed by atoms with Crippen molar-refractivity contribution in [2.24, 2.45) is 0 Å². The summed E-state index contributed by atoms with van der Waals surface area (Å²) in [5.41, 5.74) is 2.67. The molecule has 0 saturated carbocycles. The van der Waals surface area contributed by atoms with Gasteiger partial charge in [0.1, 0.15) is 0 Å². The van der Waals surface area contributed by atoms with Crippen molar-refractivity contribution < 1.29 is 14.7 Å². The Kier molecular flexibility index (Phi) is 5.08. The predicted molar refractivity (Wildman–Crippen MR) is 120 cm³/mol. The van der Waals surface area contributed by atoms with Gasteiger partial charge in [-0.2, -0.15) is 0 Å². The summed E-state index contributed by atoms with van der Waals surface area (Å²) in [5.74, 6) is -1.37. The molecule has 1 unspecified atom stereocenters. The van der Waals surface area contributed by atoms with Crippen LogP contribution in [0.25, 0.3) is 0 Å². The number of para-hydroxylation sites is 1. The van der Waals surface area contributed by atoms with Crippen molar-refractivity contribution in [3.8, 4) is 0 Å². The van der Waals surface area contributed by atoms with E-state index in [1.807, 2.05) is 47.8 Å². The Bertz CT molecular complexity index is 1110. The zero-order valence-corrected chi connectivity index (χ0v) is 17.9. The molecule has 1 atom stereocenters. The lowest BCUT2D eigenvalue weighted by molar-refractivity contribution is -0.117. The molecule has 0 radical (unpaired) electrons. The lowest BCUT2D eigenvalue weighted by atomic mass is 9.85. The maximum atomic E-state index is 13.3. The minimum absolute atomic E-state index is 0.0171. The quantitative estimate of drug-likeness (QED) is 0.544. The van der Waals surface area contributed by atoms with Crippen molar-refractivity contribution in [1.29, 1.82) is 0 Å². The highest BCUT2D eigenvalue weighted by molar-refractivity contribution is 7.12. The minimum Gasteiger partial charge on any atom is -0.503 e. The lowest BCUT2D eigenvalue weighted by Gasteiger charge is -2.27. The number of amides is 1. The second-order valence-corrected chi connectivity index (χ2v) is 9.30. The van der Waals surface area contributed by atoms with Crippen molar-refractivity contribution in [2.75, 3.05) is 4.90 Å². The predicted octanol–water partition coefficient (Wildman–Crippen LogP) is 5.83. The highest BCUT2D eigenvalue weighted by Gasteiger charge is 2.44. The molecular formula is C25H23NO3S. The number of hydrogen-bond donors (Lipinski definition) is 1. The molecule has 2 heterocycles. The van der Waals surface area contributed by atoms with Crippen LogP contribution >= 0.6 is 11.3 Å². The highest BCUT2D eigenvalue weighted by atomic mass is 32.1. The number of nitrogens with zero attached hydrogens (tertiary/aromatic N) is 1. The van der Waals surface area contributed by atoms with Gasteiger partial charge in [-0.05, 0) is 40.1 Å². The van der Waals surface area contributed by atoms with Gasteiger partial charge in [0.05, 0.1) is 16.5 Å². The molecule has 0 saturated heterocycles. The number of ketones is 1. The fraction of sp³-hybridized carbons (Fsp3) is 0.200. The zero-order chi connectivity index (χ0) is 21.5. The first-order chi connectivity index (χ1) is 14.3. The van der Waals surface area contributed by atoms with Gasteiger partial charge in [-0.15, -0.1) is 11.3 Å². The summed E-state index contributed by atoms with van der Waals surface area (Å²) in [6.45, 7) is 6.40. The molecule has 1 aromatic heterocycles. The summed E-state index contributed by atoms with van der Waals surface area (Å²) in [6.07, 6.45) is 0. The second-order valence-electron chi connectivity index (χ2n) is 8.35. The number of aliphatic hydroxyl groups is 1. The highest BCUT2D eigenvalue weighted by Crippen LogP contribution is 2.42. The Labute approximate surface area is 180 Å². The van der Waals surface area contributed by atoms with E-state index in [9.17, 15) is 14.7 Å². The number of aliphatic hydroxyl groups excluding tert-OH is 1. The zero-order valence-electron chi connectivity index (χ0n) is 17.1. The number of rotatable bonds is 4. The van der Waals surface area contributed by atoms with Crippen molar-refractivity contribution in [3.05, 3.63) is 99.4 Å². The van der Waals surface area contributed by atoms with Crippen LogP contribution < -0.4 is 4.90 Å². The maximum Gasteiger partial charge on any atom is 0.294 e. The number of thiophene rings is 1. The van der Waals surface area contributed by atoms with E-state index in [4.69, 9.17) is 0 Å². The van der Waals surface area contributed by atoms with E-state index in [0.29, 0.717) is 10.6 Å². The number of carbonyl (C=O) groups is 2. The molecule has 1 aliphatic rings. The van der Waals surface area contributed by atoms with E-state index in [1.54, 1.807) is 24.3 Å². The Morgan fingerprint density at radius 1 is 0.967 bits per heavy atom. The fourth-order valence-corrected chi connectivity index (χ4v) is 4.39. The summed E-state index contributed by atoms with van der Waals surface area (Å²) in [4.78, 5) is 28.3. The van der Waals surface area contributed by atoms with Crippen LogP contribution in [0.2, 0.25) is 0 Å². The molecule has 3 aromatic rings. The van der Waals surface area contributed by atoms with Crippen LogP contribution in [0.4, 0.5) is 5.69 Å². The van der Waals surface area contributed by atoms with Crippen molar-refractivity contribution in [1.82, 2.24) is 0 Å². The van der Waals surface area contributed by atoms with Gasteiger partial charge in [0, 0.05) is 5.69 Å². The number of Topliss-reactive ketones (excluding diaryl/α,β-unsaturated/α-hetero) is 1. The lowest BCUT2D eigenvalue weighted by Crippen LogP contribution is -2.31. The minimum atomic E-state index is -0.691. The molecule has 4 rings (SSSR count). The average molecular weight is 418 g/mol. The van der Waals surface area contributed by atoms with Gasteiger partial charge in [-0.25, -0.2) is 0 Å². The SMILES string of the molecule is CC(C)(C)c1ccc(C2C(C(=O)c3cccs3)=C(O)C(=O)N2c2ccccc2)cc1. The number of benzene rings is 2. The maximum absolute atomic E-state index is 13.3. The van der Waals surface area contributed by atoms with Crippen molar-refractivity contribution >= 4 is 28.7 Å². The molecular weight excluding hydrogens is 394 g/mol. The van der Waals surface area contributed by atoms with Gasteiger partial charge >= 0.3 is 0 Å². The van der Waals surface area contributed by atoms with Gasteiger partial charge in [0.25, 0.3) is 5.91 Å². The van der Waals surface area contributed by atoms with Gasteiger partial charge in [-0.1, -0.05) is 69.3 Å². The molecule has 1 aliphatic heterocycles. The molecule has 0 bridgehead atoms. The molecule has 0 spiro atoms. The molecule has 0 fully saturated rings. The molecule has 30 heavy (non-hydrogen) atoms. The van der Waals surface area contributed by atoms with E-state index >= 15 is 0 Å². The first kappa shape index (κ1) is 20.1. The summed E-state index contributed by atoms with van der Waals surface area (Å²) < 4.78 is 0. The van der Waals surface area contributed by atoms with Crippen LogP contribution in [0, 0.1) is 0 Å². The van der Waals surface area contributed by atoms with E-state index in [1.165, 1.54) is 16.2 Å². The third-order valence-electron chi connectivity index (χ3n) is 5.32. The third-order valence-corrected chi connectivity index (χ3v) is 6.19. The van der Waals surface area contributed by atoms with Crippen LogP contribution in [-0.4, -0.2) is 16.8 Å². The largest absolute Gasteiger partial charge is 0.503 e. The molecule has 4 nitrogen and oxygen atoms in total. The normalized spacial score (nSPS) is 17.0. The van der Waals surface area contributed by atoms with Crippen molar-refractivity contribution in [3.63, 3.8) is 0 Å². The standard InChI is InChI=1S/C25H23NO3S/c1-25(2,3)17-13-11-16(12-14-17)21-20(22(27)19-10-7-15-30-19)23(28)24(29)26(21)18-8-5-4-6-9-18/h4-15,21,28H,1-3H3. The molecule has 1 amide bonds. The summed E-state index contributed by atoms with van der Waals surface area (Å²) in [5, 5.41) is 12.6. The van der Waals surface area contributed by atoms with Gasteiger partial charge in [0.2, 0.25) is 5.78 Å². The molecule has 5 heteroatoms. The van der Waals surface area contributed by atoms with Crippen LogP contribution in [0.5, 0.6) is 0 Å². The smallest absolute Gasteiger partial charge is 0.294 e. The van der Waals surface area contributed by atoms with Gasteiger partial charge < -0.3 is 5.11 Å². The summed E-state index contributed by atoms with van der Waals surface area (Å²) in [6, 6.07) is 19.9. The number of hydrogen-bond acceptors (Lipinski definition) is 4. The van der Waals surface area contributed by atoms with E-state index < -0.39 is 17.7 Å². The Morgan fingerprint density at radius 3 is 2.20 bits per heavy atom. The van der Waals surface area contributed by atoms with Crippen LogP contribution in [0.3, 0.4) is 0 Å². The Balaban J connectivity index is 1.86. The van der Waals surface area contributed by atoms with Gasteiger partial charge in [0.15, 0.2) is 5.76 Å². The number of anilines is 1. The van der Waals surface area contributed by atoms with Crippen LogP contribution in [0.15, 0.2) is 83.4 Å². The summed E-state index contributed by atoms with van der Waals surface area (Å²) >= 11 is 1.30. The van der Waals surface area contributed by atoms with Gasteiger partial charge in [-0.3, -0.25) is 14.5 Å². The third kappa shape index (κ3) is 3.46. The van der Waals surface area contributed by atoms with E-state index in [2.05, 4.69) is 20.8 Å². The Morgan fingerprint density at radius 2 is 1.63 bits per heavy atom. The van der Waals surface area contributed by atoms with E-state index in [-0.39, 0.29) is 16.8 Å². The summed E-state index contributed by atoms with van der Waals surface area (Å²) in [7, 11) is 0. The topological polar surface area (TPSA) is 57.6 Å². The fourth-order valence-electron chi connectivity index (χ4n) is 3.71. The average Bonchev–Trinajstić information content (AvgIpc) is 3.35. The molecule has 152 valence electrons. The molecule has 1 N–H and O–H groups in total. The van der Waals surface area contributed by atoms with Crippen LogP contribution in [0.1, 0.15) is 47.6 Å². The first-order valence-electron chi connectivity index (χ1n) is 9.79. The molecule has 2 aromatic carbocycles.